The van der Waals surface area contributed by atoms with Crippen molar-refractivity contribution >= 4 is 23.5 Å². The number of amides is 3. The summed E-state index contributed by atoms with van der Waals surface area (Å²) in [6.45, 7) is 1.28. The SMILES string of the molecule is CNCNC(=O)CC(=O)NC(O)(O)NC(=O)CC(C)=O. The van der Waals surface area contributed by atoms with Gasteiger partial charge in [0.15, 0.2) is 0 Å². The third-order valence-corrected chi connectivity index (χ3v) is 1.82. The fourth-order valence-electron chi connectivity index (χ4n) is 1.13. The summed E-state index contributed by atoms with van der Waals surface area (Å²) in [6, 6.07) is -3.03. The molecule has 114 valence electrons. The van der Waals surface area contributed by atoms with Gasteiger partial charge in [0, 0.05) is 0 Å². The van der Waals surface area contributed by atoms with Crippen LogP contribution >= 0.6 is 0 Å². The second-order valence-corrected chi connectivity index (χ2v) is 3.95. The van der Waals surface area contributed by atoms with E-state index in [1.165, 1.54) is 0 Å². The zero-order chi connectivity index (χ0) is 15.8. The molecule has 0 aliphatic rings. The van der Waals surface area contributed by atoms with Crippen molar-refractivity contribution in [3.63, 3.8) is 0 Å². The quantitative estimate of drug-likeness (QED) is 0.200. The van der Waals surface area contributed by atoms with E-state index in [1.54, 1.807) is 17.7 Å². The van der Waals surface area contributed by atoms with Crippen molar-refractivity contribution in [2.75, 3.05) is 13.7 Å². The number of nitrogens with one attached hydrogen (secondary N) is 4. The van der Waals surface area contributed by atoms with Gasteiger partial charge >= 0.3 is 6.03 Å². The van der Waals surface area contributed by atoms with Crippen LogP contribution in [0.25, 0.3) is 0 Å². The van der Waals surface area contributed by atoms with E-state index in [2.05, 4.69) is 10.6 Å². The van der Waals surface area contributed by atoms with Gasteiger partial charge in [-0.15, -0.1) is 0 Å². The fourth-order valence-corrected chi connectivity index (χ4v) is 1.13. The second kappa shape index (κ2) is 8.19. The van der Waals surface area contributed by atoms with Crippen molar-refractivity contribution < 1.29 is 29.4 Å². The maximum atomic E-state index is 11.3. The van der Waals surface area contributed by atoms with Crippen molar-refractivity contribution in [2.45, 2.75) is 25.8 Å². The number of hydrogen-bond acceptors (Lipinski definition) is 7. The van der Waals surface area contributed by atoms with Gasteiger partial charge in [0.25, 0.3) is 0 Å². The van der Waals surface area contributed by atoms with E-state index < -0.39 is 42.4 Å². The molecule has 0 unspecified atom stereocenters. The Morgan fingerprint density at radius 3 is 1.90 bits per heavy atom. The molecule has 0 radical (unpaired) electrons. The van der Waals surface area contributed by atoms with Gasteiger partial charge in [-0.25, -0.2) is 0 Å². The summed E-state index contributed by atoms with van der Waals surface area (Å²) < 4.78 is 0. The van der Waals surface area contributed by atoms with Crippen molar-refractivity contribution in [3.8, 4) is 0 Å². The largest absolute Gasteiger partial charge is 0.343 e. The minimum Gasteiger partial charge on any atom is -0.343 e. The molecule has 0 rings (SSSR count). The van der Waals surface area contributed by atoms with Crippen molar-refractivity contribution in [1.82, 2.24) is 21.3 Å². The lowest BCUT2D eigenvalue weighted by molar-refractivity contribution is -0.209. The third kappa shape index (κ3) is 8.97. The predicted octanol–water partition coefficient (Wildman–Crippen LogP) is -3.52. The molecule has 0 saturated heterocycles. The van der Waals surface area contributed by atoms with Gasteiger partial charge in [-0.1, -0.05) is 0 Å². The van der Waals surface area contributed by atoms with E-state index in [4.69, 9.17) is 0 Å². The van der Waals surface area contributed by atoms with Crippen LogP contribution < -0.4 is 21.3 Å². The molecule has 0 aliphatic carbocycles. The summed E-state index contributed by atoms with van der Waals surface area (Å²) >= 11 is 0. The van der Waals surface area contributed by atoms with Crippen LogP contribution in [0.15, 0.2) is 0 Å². The maximum absolute atomic E-state index is 11.3. The Balaban J connectivity index is 4.24. The van der Waals surface area contributed by atoms with Gasteiger partial charge in [0.05, 0.1) is 13.1 Å². The minimum atomic E-state index is -3.03. The van der Waals surface area contributed by atoms with E-state index in [0.29, 0.717) is 0 Å². The molecule has 10 nitrogen and oxygen atoms in total. The smallest absolute Gasteiger partial charge is 0.337 e. The molecular formula is C10H18N4O6. The van der Waals surface area contributed by atoms with Gasteiger partial charge in [-0.05, 0) is 14.0 Å². The van der Waals surface area contributed by atoms with Crippen LogP contribution in [0.4, 0.5) is 0 Å². The molecule has 0 heterocycles. The molecule has 0 bridgehead atoms. The molecule has 0 spiro atoms. The summed E-state index contributed by atoms with van der Waals surface area (Å²) in [5.74, 6) is -3.15. The summed E-state index contributed by atoms with van der Waals surface area (Å²) in [5, 5.41) is 26.7. The zero-order valence-electron chi connectivity index (χ0n) is 11.1. The highest BCUT2D eigenvalue weighted by Crippen LogP contribution is 1.93. The number of ketones is 1. The van der Waals surface area contributed by atoms with Crippen molar-refractivity contribution in [3.05, 3.63) is 0 Å². The van der Waals surface area contributed by atoms with Crippen LogP contribution in [-0.2, 0) is 19.2 Å². The minimum absolute atomic E-state index is 0.144. The summed E-state index contributed by atoms with van der Waals surface area (Å²) in [6.07, 6.45) is -1.23. The summed E-state index contributed by atoms with van der Waals surface area (Å²) in [4.78, 5) is 44.2. The Kier molecular flexibility index (Phi) is 7.36. The second-order valence-electron chi connectivity index (χ2n) is 3.95. The Bertz CT molecular complexity index is 395. The predicted molar refractivity (Wildman–Crippen MR) is 65.4 cm³/mol. The van der Waals surface area contributed by atoms with Crippen LogP contribution in [0.1, 0.15) is 19.8 Å². The molecule has 3 amide bonds. The fraction of sp³-hybridized carbons (Fsp3) is 0.600. The zero-order valence-corrected chi connectivity index (χ0v) is 11.1. The lowest BCUT2D eigenvalue weighted by atomic mass is 10.3. The van der Waals surface area contributed by atoms with Crippen molar-refractivity contribution in [2.24, 2.45) is 0 Å². The first kappa shape index (κ1) is 18.0. The highest BCUT2D eigenvalue weighted by Gasteiger charge is 2.28. The molecule has 0 aromatic carbocycles. The Hall–Kier alpha value is -2.04. The highest BCUT2D eigenvalue weighted by atomic mass is 16.6. The van der Waals surface area contributed by atoms with Crippen molar-refractivity contribution in [1.29, 1.82) is 0 Å². The van der Waals surface area contributed by atoms with Gasteiger partial charge < -0.3 is 20.8 Å². The Labute approximate surface area is 114 Å². The number of hydrogen-bond donors (Lipinski definition) is 6. The highest BCUT2D eigenvalue weighted by molar-refractivity contribution is 5.98. The first-order valence-electron chi connectivity index (χ1n) is 5.64. The number of aliphatic hydroxyl groups is 2. The Morgan fingerprint density at radius 1 is 0.950 bits per heavy atom. The van der Waals surface area contributed by atoms with Crippen LogP contribution in [0.2, 0.25) is 0 Å². The molecular weight excluding hydrogens is 272 g/mol. The third-order valence-electron chi connectivity index (χ3n) is 1.82. The van der Waals surface area contributed by atoms with E-state index in [-0.39, 0.29) is 6.67 Å². The molecule has 6 N–H and O–H groups in total. The first-order valence-corrected chi connectivity index (χ1v) is 5.64. The Morgan fingerprint density at radius 2 is 1.45 bits per heavy atom. The molecule has 0 aromatic rings. The number of Topliss-reactive ketones (excluding diaryl/α,β-unsaturated/α-hetero) is 1. The normalized spacial score (nSPS) is 10.6. The average molecular weight is 290 g/mol. The topological polar surface area (TPSA) is 157 Å². The lowest BCUT2D eigenvalue weighted by Crippen LogP contribution is -2.61. The molecule has 10 heteroatoms. The molecule has 20 heavy (non-hydrogen) atoms. The molecule has 0 fully saturated rings. The number of carbonyl (C=O) groups is 4. The van der Waals surface area contributed by atoms with E-state index in [1.807, 2.05) is 0 Å². The van der Waals surface area contributed by atoms with Crippen LogP contribution in [-0.4, -0.2) is 53.5 Å². The van der Waals surface area contributed by atoms with E-state index in [0.717, 1.165) is 6.92 Å². The van der Waals surface area contributed by atoms with Gasteiger partial charge in [0.2, 0.25) is 17.7 Å². The lowest BCUT2D eigenvalue weighted by Gasteiger charge is -2.23. The van der Waals surface area contributed by atoms with Crippen LogP contribution in [0.3, 0.4) is 0 Å². The maximum Gasteiger partial charge on any atom is 0.337 e. The summed E-state index contributed by atoms with van der Waals surface area (Å²) in [7, 11) is 1.58. The van der Waals surface area contributed by atoms with Gasteiger partial charge in [-0.3, -0.25) is 29.8 Å². The number of rotatable bonds is 8. The molecule has 0 aliphatic heterocycles. The van der Waals surface area contributed by atoms with Gasteiger partial charge in [0.1, 0.15) is 12.2 Å². The monoisotopic (exact) mass is 290 g/mol. The van der Waals surface area contributed by atoms with E-state index in [9.17, 15) is 29.4 Å². The van der Waals surface area contributed by atoms with Crippen LogP contribution in [0, 0.1) is 0 Å². The van der Waals surface area contributed by atoms with Gasteiger partial charge in [-0.2, -0.15) is 0 Å². The first-order chi connectivity index (χ1) is 9.16. The number of carbonyl (C=O) groups excluding carboxylic acids is 4. The van der Waals surface area contributed by atoms with Crippen LogP contribution in [0.5, 0.6) is 0 Å². The molecule has 0 saturated carbocycles. The molecule has 0 atom stereocenters. The molecule has 0 aromatic heterocycles. The standard InChI is InChI=1S/C10H18N4O6/c1-6(15)3-8(17)13-10(19,20)14-9(18)4-7(16)12-5-11-2/h11,19-20H,3-5H2,1-2H3,(H,12,16)(H,13,17)(H,14,18). The summed E-state index contributed by atoms with van der Waals surface area (Å²) in [5.41, 5.74) is 0. The van der Waals surface area contributed by atoms with E-state index >= 15 is 0 Å². The average Bonchev–Trinajstić information content (AvgIpc) is 2.22.